The molecule has 1 aliphatic carbocycles. The number of para-hydroxylation sites is 1. The average Bonchev–Trinajstić information content (AvgIpc) is 3.11. The third-order valence-electron chi connectivity index (χ3n) is 3.48. The smallest absolute Gasteiger partial charge is 0.255 e. The second-order valence-corrected chi connectivity index (χ2v) is 4.83. The second kappa shape index (κ2) is 4.86. The minimum Gasteiger partial charge on any atom is -0.504 e. The zero-order valence-corrected chi connectivity index (χ0v) is 10.0. The Hall–Kier alpha value is -1.75. The molecular weight excluding hydrogens is 234 g/mol. The number of carbonyl (C=O) groups excluding carboxylic acids is 1. The van der Waals surface area contributed by atoms with Gasteiger partial charge in [-0.25, -0.2) is 0 Å². The number of aromatic hydroxyl groups is 2. The minimum absolute atomic E-state index is 0.0247. The number of phenolic OH excluding ortho intramolecular Hbond substituents is 2. The number of amides is 1. The quantitative estimate of drug-likeness (QED) is 0.587. The summed E-state index contributed by atoms with van der Waals surface area (Å²) < 4.78 is 0. The average molecular weight is 251 g/mol. The van der Waals surface area contributed by atoms with Gasteiger partial charge in [-0.05, 0) is 36.8 Å². The Morgan fingerprint density at radius 1 is 1.33 bits per heavy atom. The van der Waals surface area contributed by atoms with Crippen molar-refractivity contribution in [1.29, 1.82) is 0 Å². The summed E-state index contributed by atoms with van der Waals surface area (Å²) >= 11 is 0. The van der Waals surface area contributed by atoms with Crippen molar-refractivity contribution in [3.8, 4) is 11.5 Å². The summed E-state index contributed by atoms with van der Waals surface area (Å²) in [5, 5.41) is 30.5. The van der Waals surface area contributed by atoms with Crippen LogP contribution in [0.4, 0.5) is 0 Å². The second-order valence-electron chi connectivity index (χ2n) is 4.83. The molecule has 5 nitrogen and oxygen atoms in total. The van der Waals surface area contributed by atoms with Crippen LogP contribution < -0.4 is 5.32 Å². The maximum absolute atomic E-state index is 11.9. The summed E-state index contributed by atoms with van der Waals surface area (Å²) in [5.74, 6) is -1.12. The maximum Gasteiger partial charge on any atom is 0.255 e. The van der Waals surface area contributed by atoms with Gasteiger partial charge in [-0.15, -0.1) is 0 Å². The van der Waals surface area contributed by atoms with E-state index in [1.54, 1.807) is 0 Å². The molecule has 1 aromatic carbocycles. The van der Waals surface area contributed by atoms with Crippen LogP contribution in [0.2, 0.25) is 0 Å². The fourth-order valence-electron chi connectivity index (χ4n) is 2.01. The molecule has 0 aliphatic heterocycles. The predicted molar refractivity (Wildman–Crippen MR) is 65.5 cm³/mol. The molecule has 18 heavy (non-hydrogen) atoms. The van der Waals surface area contributed by atoms with Gasteiger partial charge in [0.15, 0.2) is 11.5 Å². The maximum atomic E-state index is 11.9. The molecule has 2 rings (SSSR count). The molecule has 98 valence electrons. The lowest BCUT2D eigenvalue weighted by molar-refractivity contribution is 0.0937. The highest BCUT2D eigenvalue weighted by Crippen LogP contribution is 2.48. The summed E-state index contributed by atoms with van der Waals surface area (Å²) in [5.41, 5.74) is 0.0893. The van der Waals surface area contributed by atoms with Gasteiger partial charge >= 0.3 is 0 Å². The van der Waals surface area contributed by atoms with Crippen molar-refractivity contribution in [3.63, 3.8) is 0 Å². The van der Waals surface area contributed by atoms with E-state index in [0.29, 0.717) is 13.0 Å². The zero-order chi connectivity index (χ0) is 13.2. The molecule has 0 spiro atoms. The molecule has 0 atom stereocenters. The van der Waals surface area contributed by atoms with Crippen LogP contribution in [-0.4, -0.2) is 34.4 Å². The number of aliphatic hydroxyl groups is 1. The number of rotatable bonds is 5. The van der Waals surface area contributed by atoms with E-state index in [4.69, 9.17) is 5.11 Å². The lowest BCUT2D eigenvalue weighted by Crippen LogP contribution is -2.30. The molecule has 0 saturated heterocycles. The summed E-state index contributed by atoms with van der Waals surface area (Å²) in [6, 6.07) is 4.28. The molecule has 1 saturated carbocycles. The van der Waals surface area contributed by atoms with Crippen LogP contribution in [0.15, 0.2) is 18.2 Å². The summed E-state index contributed by atoms with van der Waals surface area (Å²) in [6.07, 6.45) is 2.68. The van der Waals surface area contributed by atoms with E-state index in [9.17, 15) is 15.0 Å². The van der Waals surface area contributed by atoms with Crippen LogP contribution in [0.5, 0.6) is 11.5 Å². The van der Waals surface area contributed by atoms with Gasteiger partial charge in [-0.3, -0.25) is 4.79 Å². The summed E-state index contributed by atoms with van der Waals surface area (Å²) in [4.78, 5) is 11.9. The third kappa shape index (κ3) is 2.56. The Bertz CT molecular complexity index is 454. The first kappa shape index (κ1) is 12.7. The van der Waals surface area contributed by atoms with Gasteiger partial charge in [0.2, 0.25) is 0 Å². The molecule has 0 bridgehead atoms. The van der Waals surface area contributed by atoms with E-state index in [0.717, 1.165) is 12.8 Å². The van der Waals surface area contributed by atoms with Crippen LogP contribution in [0.1, 0.15) is 29.6 Å². The number of carbonyl (C=O) groups is 1. The highest BCUT2D eigenvalue weighted by Gasteiger charge is 2.42. The van der Waals surface area contributed by atoms with Gasteiger partial charge in [0, 0.05) is 13.2 Å². The van der Waals surface area contributed by atoms with Crippen LogP contribution in [-0.2, 0) is 0 Å². The monoisotopic (exact) mass is 251 g/mol. The molecule has 1 aliphatic rings. The van der Waals surface area contributed by atoms with Crippen molar-refractivity contribution in [2.24, 2.45) is 5.41 Å². The molecule has 1 amide bonds. The number of hydrogen-bond donors (Lipinski definition) is 4. The van der Waals surface area contributed by atoms with Gasteiger partial charge in [-0.1, -0.05) is 6.07 Å². The number of benzene rings is 1. The Kier molecular flexibility index (Phi) is 3.43. The Morgan fingerprint density at radius 3 is 2.67 bits per heavy atom. The Balaban J connectivity index is 1.98. The molecule has 1 aromatic rings. The van der Waals surface area contributed by atoms with Gasteiger partial charge in [0.25, 0.3) is 5.91 Å². The van der Waals surface area contributed by atoms with Crippen molar-refractivity contribution >= 4 is 5.91 Å². The van der Waals surface area contributed by atoms with E-state index < -0.39 is 11.7 Å². The molecule has 5 heteroatoms. The Morgan fingerprint density at radius 2 is 2.06 bits per heavy atom. The molecule has 0 radical (unpaired) electrons. The van der Waals surface area contributed by atoms with Gasteiger partial charge < -0.3 is 20.6 Å². The first-order valence-corrected chi connectivity index (χ1v) is 5.98. The van der Waals surface area contributed by atoms with Gasteiger partial charge in [0.1, 0.15) is 0 Å². The number of phenols is 2. The van der Waals surface area contributed by atoms with Crippen molar-refractivity contribution in [3.05, 3.63) is 23.8 Å². The molecule has 4 N–H and O–H groups in total. The number of nitrogens with one attached hydrogen (secondary N) is 1. The number of hydrogen-bond acceptors (Lipinski definition) is 4. The highest BCUT2D eigenvalue weighted by molar-refractivity contribution is 5.97. The predicted octanol–water partition coefficient (Wildman–Crippen LogP) is 0.990. The highest BCUT2D eigenvalue weighted by atomic mass is 16.3. The lowest BCUT2D eigenvalue weighted by atomic mass is 10.0. The normalized spacial score (nSPS) is 16.3. The first-order chi connectivity index (χ1) is 8.58. The van der Waals surface area contributed by atoms with E-state index in [1.807, 2.05) is 0 Å². The molecule has 0 aromatic heterocycles. The van der Waals surface area contributed by atoms with Crippen molar-refractivity contribution in [2.45, 2.75) is 19.3 Å². The minimum atomic E-state index is -0.410. The number of aliphatic hydroxyl groups excluding tert-OH is 1. The van der Waals surface area contributed by atoms with Crippen LogP contribution in [0.3, 0.4) is 0 Å². The van der Waals surface area contributed by atoms with Crippen LogP contribution in [0, 0.1) is 5.41 Å². The van der Waals surface area contributed by atoms with Crippen LogP contribution >= 0.6 is 0 Å². The molecular formula is C13H17NO4. The summed E-state index contributed by atoms with van der Waals surface area (Å²) in [7, 11) is 0. The molecule has 1 fully saturated rings. The van der Waals surface area contributed by atoms with Gasteiger partial charge in [0.05, 0.1) is 5.56 Å². The SMILES string of the molecule is O=C(NCC1(CCO)CC1)c1cccc(O)c1O. The van der Waals surface area contributed by atoms with Crippen molar-refractivity contribution in [1.82, 2.24) is 5.32 Å². The summed E-state index contributed by atoms with van der Waals surface area (Å²) in [6.45, 7) is 0.606. The standard InChI is InChI=1S/C13H17NO4/c15-7-6-13(4-5-13)8-14-12(18)9-2-1-3-10(16)11(9)17/h1-3,15-17H,4-8H2,(H,14,18). The molecule has 0 heterocycles. The topological polar surface area (TPSA) is 89.8 Å². The van der Waals surface area contributed by atoms with E-state index >= 15 is 0 Å². The molecule has 0 unspecified atom stereocenters. The lowest BCUT2D eigenvalue weighted by Gasteiger charge is -2.15. The van der Waals surface area contributed by atoms with E-state index in [1.165, 1.54) is 18.2 Å². The van der Waals surface area contributed by atoms with E-state index in [-0.39, 0.29) is 23.3 Å². The zero-order valence-electron chi connectivity index (χ0n) is 10.0. The largest absolute Gasteiger partial charge is 0.504 e. The fourth-order valence-corrected chi connectivity index (χ4v) is 2.01. The van der Waals surface area contributed by atoms with Crippen LogP contribution in [0.25, 0.3) is 0 Å². The van der Waals surface area contributed by atoms with Gasteiger partial charge in [-0.2, -0.15) is 0 Å². The van der Waals surface area contributed by atoms with Crippen molar-refractivity contribution < 1.29 is 20.1 Å². The fraction of sp³-hybridized carbons (Fsp3) is 0.462. The van der Waals surface area contributed by atoms with E-state index in [2.05, 4.69) is 5.32 Å². The first-order valence-electron chi connectivity index (χ1n) is 5.98. The third-order valence-corrected chi connectivity index (χ3v) is 3.48. The van der Waals surface area contributed by atoms with Crippen molar-refractivity contribution in [2.75, 3.05) is 13.2 Å². The Labute approximate surface area is 105 Å².